The Morgan fingerprint density at radius 2 is 1.71 bits per heavy atom. The molecule has 1 fully saturated rings. The molecule has 2 aromatic carbocycles. The average Bonchev–Trinajstić information content (AvgIpc) is 2.63. The van der Waals surface area contributed by atoms with Crippen molar-refractivity contribution in [2.75, 3.05) is 26.3 Å². The van der Waals surface area contributed by atoms with Gasteiger partial charge in [-0.15, -0.1) is 0 Å². The van der Waals surface area contributed by atoms with Crippen LogP contribution in [-0.2, 0) is 4.74 Å². The Balaban J connectivity index is 1.83. The van der Waals surface area contributed by atoms with Gasteiger partial charge in [0.25, 0.3) is 0 Å². The van der Waals surface area contributed by atoms with Crippen LogP contribution in [0.5, 0.6) is 5.75 Å². The van der Waals surface area contributed by atoms with Gasteiger partial charge in [0, 0.05) is 24.9 Å². The van der Waals surface area contributed by atoms with E-state index in [0.717, 1.165) is 31.9 Å². The van der Waals surface area contributed by atoms with E-state index in [0.29, 0.717) is 0 Å². The van der Waals surface area contributed by atoms with Gasteiger partial charge in [-0.3, -0.25) is 9.89 Å². The highest BCUT2D eigenvalue weighted by Gasteiger charge is 2.27. The largest absolute Gasteiger partial charge is 0.507 e. The van der Waals surface area contributed by atoms with Gasteiger partial charge in [0.1, 0.15) is 5.75 Å². The van der Waals surface area contributed by atoms with E-state index in [-0.39, 0.29) is 17.8 Å². The van der Waals surface area contributed by atoms with E-state index in [2.05, 4.69) is 36.1 Å². The first-order valence-corrected chi connectivity index (χ1v) is 8.43. The van der Waals surface area contributed by atoms with Crippen LogP contribution in [0.15, 0.2) is 59.6 Å². The minimum absolute atomic E-state index is 0.0742. The number of ether oxygens (including phenoxy) is 1. The van der Waals surface area contributed by atoms with E-state index in [4.69, 9.17) is 9.73 Å². The van der Waals surface area contributed by atoms with Gasteiger partial charge in [-0.05, 0) is 24.6 Å². The van der Waals surface area contributed by atoms with Crippen molar-refractivity contribution in [2.24, 2.45) is 4.99 Å². The van der Waals surface area contributed by atoms with Crippen molar-refractivity contribution < 1.29 is 9.84 Å². The van der Waals surface area contributed by atoms with Gasteiger partial charge in [0.2, 0.25) is 0 Å². The first-order valence-electron chi connectivity index (χ1n) is 8.43. The summed E-state index contributed by atoms with van der Waals surface area (Å²) in [5, 5.41) is 9.91. The number of morpholine rings is 1. The number of hydrogen-bond donors (Lipinski definition) is 1. The number of aromatic hydroxyl groups is 1. The standard InChI is InChI=1S/C20H24N2O2/c1-16(21-15-18-9-5-6-10-19(18)23)20(17-7-3-2-4-8-17)22-11-13-24-14-12-22/h2-10,15-16,20,23H,11-14H2,1H3/t16-,20+/m0/s1. The molecule has 1 N–H and O–H groups in total. The minimum Gasteiger partial charge on any atom is -0.507 e. The second kappa shape index (κ2) is 8.08. The highest BCUT2D eigenvalue weighted by molar-refractivity contribution is 5.83. The van der Waals surface area contributed by atoms with Crippen LogP contribution in [-0.4, -0.2) is 48.6 Å². The van der Waals surface area contributed by atoms with Gasteiger partial charge >= 0.3 is 0 Å². The summed E-state index contributed by atoms with van der Waals surface area (Å²) in [7, 11) is 0. The number of rotatable bonds is 5. The lowest BCUT2D eigenvalue weighted by atomic mass is 9.98. The minimum atomic E-state index is 0.0742. The molecule has 4 heteroatoms. The van der Waals surface area contributed by atoms with Gasteiger partial charge in [-0.2, -0.15) is 0 Å². The molecule has 0 amide bonds. The normalized spacial score (nSPS) is 18.5. The zero-order valence-electron chi connectivity index (χ0n) is 14.0. The van der Waals surface area contributed by atoms with Gasteiger partial charge < -0.3 is 9.84 Å². The zero-order chi connectivity index (χ0) is 16.8. The summed E-state index contributed by atoms with van der Waals surface area (Å²) in [4.78, 5) is 7.18. The van der Waals surface area contributed by atoms with Crippen molar-refractivity contribution in [3.63, 3.8) is 0 Å². The fraction of sp³-hybridized carbons (Fsp3) is 0.350. The van der Waals surface area contributed by atoms with Crippen molar-refractivity contribution >= 4 is 6.21 Å². The van der Waals surface area contributed by atoms with E-state index in [1.807, 2.05) is 24.3 Å². The maximum absolute atomic E-state index is 9.91. The number of nitrogens with zero attached hydrogens (tertiary/aromatic N) is 2. The molecule has 0 spiro atoms. The number of aliphatic imine (C=N–C) groups is 1. The average molecular weight is 324 g/mol. The lowest BCUT2D eigenvalue weighted by molar-refractivity contribution is 0.0119. The van der Waals surface area contributed by atoms with E-state index < -0.39 is 0 Å². The zero-order valence-corrected chi connectivity index (χ0v) is 14.0. The molecule has 0 saturated carbocycles. The van der Waals surface area contributed by atoms with Crippen LogP contribution in [0.25, 0.3) is 0 Å². The molecule has 0 aliphatic carbocycles. The van der Waals surface area contributed by atoms with E-state index >= 15 is 0 Å². The molecule has 1 saturated heterocycles. The second-order valence-electron chi connectivity index (χ2n) is 6.08. The number of benzene rings is 2. The van der Waals surface area contributed by atoms with E-state index in [1.165, 1.54) is 5.56 Å². The van der Waals surface area contributed by atoms with Crippen LogP contribution < -0.4 is 0 Å². The van der Waals surface area contributed by atoms with Gasteiger partial charge in [0.15, 0.2) is 0 Å². The molecule has 1 aliphatic heterocycles. The first-order chi connectivity index (χ1) is 11.8. The Labute approximate surface area is 143 Å². The van der Waals surface area contributed by atoms with Gasteiger partial charge in [-0.1, -0.05) is 42.5 Å². The molecule has 0 unspecified atom stereocenters. The van der Waals surface area contributed by atoms with Crippen molar-refractivity contribution in [1.82, 2.24) is 4.90 Å². The molecule has 2 atom stereocenters. The maximum Gasteiger partial charge on any atom is 0.124 e. The summed E-state index contributed by atoms with van der Waals surface area (Å²) in [6.45, 7) is 5.48. The molecular formula is C20H24N2O2. The van der Waals surface area contributed by atoms with Crippen molar-refractivity contribution in [2.45, 2.75) is 19.0 Å². The van der Waals surface area contributed by atoms with Crippen LogP contribution in [0.4, 0.5) is 0 Å². The smallest absolute Gasteiger partial charge is 0.124 e. The fourth-order valence-corrected chi connectivity index (χ4v) is 3.18. The molecule has 0 bridgehead atoms. The predicted molar refractivity (Wildman–Crippen MR) is 96.7 cm³/mol. The third-order valence-corrected chi connectivity index (χ3v) is 4.42. The van der Waals surface area contributed by atoms with Crippen molar-refractivity contribution in [3.05, 3.63) is 65.7 Å². The number of para-hydroxylation sites is 1. The molecular weight excluding hydrogens is 300 g/mol. The summed E-state index contributed by atoms with van der Waals surface area (Å²) in [6, 6.07) is 18.1. The SMILES string of the molecule is C[C@H](N=Cc1ccccc1O)[C@H](c1ccccc1)N1CCOCC1. The van der Waals surface area contributed by atoms with Crippen LogP contribution in [0.1, 0.15) is 24.1 Å². The Morgan fingerprint density at radius 1 is 1.04 bits per heavy atom. The summed E-state index contributed by atoms with van der Waals surface area (Å²) in [6.07, 6.45) is 1.77. The summed E-state index contributed by atoms with van der Waals surface area (Å²) < 4.78 is 5.50. The highest BCUT2D eigenvalue weighted by atomic mass is 16.5. The Hall–Kier alpha value is -2.17. The van der Waals surface area contributed by atoms with Crippen LogP contribution in [0.3, 0.4) is 0 Å². The first kappa shape index (κ1) is 16.7. The van der Waals surface area contributed by atoms with E-state index in [9.17, 15) is 5.11 Å². The maximum atomic E-state index is 9.91. The Morgan fingerprint density at radius 3 is 2.42 bits per heavy atom. The molecule has 0 aromatic heterocycles. The van der Waals surface area contributed by atoms with Crippen LogP contribution in [0.2, 0.25) is 0 Å². The van der Waals surface area contributed by atoms with Crippen molar-refractivity contribution in [1.29, 1.82) is 0 Å². The quantitative estimate of drug-likeness (QED) is 0.859. The third kappa shape index (κ3) is 4.02. The Kier molecular flexibility index (Phi) is 5.62. The number of phenolic OH excluding ortho intramolecular Hbond substituents is 1. The molecule has 0 radical (unpaired) electrons. The summed E-state index contributed by atoms with van der Waals surface area (Å²) in [5.41, 5.74) is 2.01. The molecule has 24 heavy (non-hydrogen) atoms. The molecule has 4 nitrogen and oxygen atoms in total. The number of phenols is 1. The highest BCUT2D eigenvalue weighted by Crippen LogP contribution is 2.27. The lowest BCUT2D eigenvalue weighted by Gasteiger charge is -2.37. The number of hydrogen-bond acceptors (Lipinski definition) is 4. The van der Waals surface area contributed by atoms with E-state index in [1.54, 1.807) is 12.3 Å². The fourth-order valence-electron chi connectivity index (χ4n) is 3.18. The van der Waals surface area contributed by atoms with Crippen molar-refractivity contribution in [3.8, 4) is 5.75 Å². The molecule has 126 valence electrons. The predicted octanol–water partition coefficient (Wildman–Crippen LogP) is 3.27. The van der Waals surface area contributed by atoms with Gasteiger partial charge in [-0.25, -0.2) is 0 Å². The Bertz CT molecular complexity index is 666. The molecule has 3 rings (SSSR count). The molecule has 2 aromatic rings. The second-order valence-corrected chi connectivity index (χ2v) is 6.08. The van der Waals surface area contributed by atoms with Crippen LogP contribution >= 0.6 is 0 Å². The molecule has 1 aliphatic rings. The molecule has 1 heterocycles. The summed E-state index contributed by atoms with van der Waals surface area (Å²) in [5.74, 6) is 0.260. The topological polar surface area (TPSA) is 45.1 Å². The lowest BCUT2D eigenvalue weighted by Crippen LogP contribution is -2.42. The third-order valence-electron chi connectivity index (χ3n) is 4.42. The summed E-state index contributed by atoms with van der Waals surface area (Å²) >= 11 is 0. The van der Waals surface area contributed by atoms with Gasteiger partial charge in [0.05, 0.1) is 25.3 Å². The monoisotopic (exact) mass is 324 g/mol. The van der Waals surface area contributed by atoms with Crippen LogP contribution in [0, 0.1) is 0 Å².